The zero-order valence-corrected chi connectivity index (χ0v) is 25.8. The molecule has 0 saturated carbocycles. The van der Waals surface area contributed by atoms with Gasteiger partial charge in [-0.25, -0.2) is 14.8 Å². The quantitative estimate of drug-likeness (QED) is 0.209. The summed E-state index contributed by atoms with van der Waals surface area (Å²) < 4.78 is 0. The summed E-state index contributed by atoms with van der Waals surface area (Å²) in [5, 5.41) is 14.6. The van der Waals surface area contributed by atoms with Crippen LogP contribution in [0.3, 0.4) is 0 Å². The van der Waals surface area contributed by atoms with E-state index in [9.17, 15) is 9.59 Å². The average Bonchev–Trinajstić information content (AvgIpc) is 3.09. The standard InChI is InChI=1S/C29H31N7O.C6H5NO2/c1-21-5-10-25(18-27(21)34-29-31-13-11-26(33-29)24-4-3-12-30-19-24)32-28(37)23-8-6-22(7-9-23)20-36-16-14-35(2)15-17-36;8-6(9)5-2-1-3-7-4-5/h3-13,18-19H,14-17,20H2,1-2H3,(H,32,37)(H,31,33,34);1-4H,(H,8,9). The zero-order chi connectivity index (χ0) is 32.3. The molecule has 1 saturated heterocycles. The number of hydrogen-bond acceptors (Lipinski definition) is 9. The average molecular weight is 617 g/mol. The molecular formula is C35H36N8O3. The maximum atomic E-state index is 12.9. The van der Waals surface area contributed by atoms with Gasteiger partial charge in [-0.15, -0.1) is 0 Å². The molecule has 3 aromatic heterocycles. The van der Waals surface area contributed by atoms with Crippen LogP contribution in [-0.4, -0.2) is 79.9 Å². The van der Waals surface area contributed by atoms with Crippen LogP contribution >= 0.6 is 0 Å². The first kappa shape index (κ1) is 31.9. The third kappa shape index (κ3) is 9.00. The van der Waals surface area contributed by atoms with Crippen LogP contribution in [0.4, 0.5) is 17.3 Å². The number of rotatable bonds is 8. The molecule has 0 radical (unpaired) electrons. The monoisotopic (exact) mass is 616 g/mol. The number of nitrogens with one attached hydrogen (secondary N) is 2. The fourth-order valence-corrected chi connectivity index (χ4v) is 4.77. The van der Waals surface area contributed by atoms with Crippen molar-refractivity contribution in [3.63, 3.8) is 0 Å². The Labute approximate surface area is 268 Å². The van der Waals surface area contributed by atoms with Gasteiger partial charge in [0.15, 0.2) is 0 Å². The fourth-order valence-electron chi connectivity index (χ4n) is 4.77. The van der Waals surface area contributed by atoms with E-state index in [1.165, 1.54) is 24.0 Å². The molecule has 2 aromatic carbocycles. The van der Waals surface area contributed by atoms with Gasteiger partial charge in [0.25, 0.3) is 5.91 Å². The van der Waals surface area contributed by atoms with E-state index >= 15 is 0 Å². The molecule has 11 heteroatoms. The van der Waals surface area contributed by atoms with Gasteiger partial charge in [0.2, 0.25) is 5.95 Å². The Morgan fingerprint density at radius 3 is 2.24 bits per heavy atom. The molecule has 0 bridgehead atoms. The van der Waals surface area contributed by atoms with Crippen LogP contribution in [0.15, 0.2) is 104 Å². The van der Waals surface area contributed by atoms with E-state index in [4.69, 9.17) is 5.11 Å². The highest BCUT2D eigenvalue weighted by Crippen LogP contribution is 2.25. The highest BCUT2D eigenvalue weighted by molar-refractivity contribution is 6.04. The van der Waals surface area contributed by atoms with Crippen LogP contribution in [0.5, 0.6) is 0 Å². The number of anilines is 3. The molecule has 3 N–H and O–H groups in total. The molecule has 46 heavy (non-hydrogen) atoms. The Hall–Kier alpha value is -5.52. The van der Waals surface area contributed by atoms with Gasteiger partial charge in [-0.2, -0.15) is 0 Å². The summed E-state index contributed by atoms with van der Waals surface area (Å²) >= 11 is 0. The van der Waals surface area contributed by atoms with Crippen LogP contribution in [0.2, 0.25) is 0 Å². The van der Waals surface area contributed by atoms with E-state index in [1.54, 1.807) is 24.7 Å². The molecule has 234 valence electrons. The van der Waals surface area contributed by atoms with Crippen molar-refractivity contribution in [2.75, 3.05) is 43.9 Å². The van der Waals surface area contributed by atoms with E-state index in [2.05, 4.69) is 47.4 Å². The number of nitrogens with zero attached hydrogens (tertiary/aromatic N) is 6. The summed E-state index contributed by atoms with van der Waals surface area (Å²) in [5.74, 6) is -0.609. The predicted molar refractivity (Wildman–Crippen MR) is 178 cm³/mol. The maximum absolute atomic E-state index is 12.9. The highest BCUT2D eigenvalue weighted by Gasteiger charge is 2.14. The predicted octanol–water partition coefficient (Wildman–Crippen LogP) is 5.37. The molecule has 4 heterocycles. The number of pyridine rings is 2. The lowest BCUT2D eigenvalue weighted by Gasteiger charge is -2.32. The Morgan fingerprint density at radius 1 is 0.848 bits per heavy atom. The maximum Gasteiger partial charge on any atom is 0.337 e. The SMILES string of the molecule is Cc1ccc(NC(=O)c2ccc(CN3CCN(C)CC3)cc2)cc1Nc1nccc(-c2cccnc2)n1.O=C(O)c1cccnc1. The lowest BCUT2D eigenvalue weighted by molar-refractivity contribution is 0.0696. The molecule has 0 unspecified atom stereocenters. The topological polar surface area (TPSA) is 136 Å². The lowest BCUT2D eigenvalue weighted by Crippen LogP contribution is -2.43. The number of aromatic carboxylic acids is 1. The van der Waals surface area contributed by atoms with Crippen molar-refractivity contribution in [1.82, 2.24) is 29.7 Å². The van der Waals surface area contributed by atoms with E-state index in [0.29, 0.717) is 17.2 Å². The van der Waals surface area contributed by atoms with E-state index in [-0.39, 0.29) is 11.5 Å². The van der Waals surface area contributed by atoms with Gasteiger partial charge in [0.05, 0.1) is 11.3 Å². The highest BCUT2D eigenvalue weighted by atomic mass is 16.4. The summed E-state index contributed by atoms with van der Waals surface area (Å²) in [6.07, 6.45) is 8.06. The molecule has 0 spiro atoms. The molecule has 5 aromatic rings. The van der Waals surface area contributed by atoms with Crippen molar-refractivity contribution in [3.05, 3.63) is 126 Å². The van der Waals surface area contributed by atoms with Crippen molar-refractivity contribution in [3.8, 4) is 11.3 Å². The number of carboxylic acids is 1. The number of carbonyl (C=O) groups is 2. The third-order valence-corrected chi connectivity index (χ3v) is 7.48. The Balaban J connectivity index is 0.000000400. The summed E-state index contributed by atoms with van der Waals surface area (Å²) in [5.41, 5.74) is 6.30. The van der Waals surface area contributed by atoms with Crippen LogP contribution in [0, 0.1) is 6.92 Å². The van der Waals surface area contributed by atoms with Crippen LogP contribution in [0.1, 0.15) is 31.8 Å². The minimum Gasteiger partial charge on any atom is -0.478 e. The number of aromatic nitrogens is 4. The van der Waals surface area contributed by atoms with Gasteiger partial charge in [0.1, 0.15) is 0 Å². The Kier molecular flexibility index (Phi) is 10.7. The van der Waals surface area contributed by atoms with Gasteiger partial charge in [0, 0.05) is 86.2 Å². The van der Waals surface area contributed by atoms with Crippen molar-refractivity contribution >= 4 is 29.2 Å². The van der Waals surface area contributed by atoms with Gasteiger partial charge in [-0.1, -0.05) is 18.2 Å². The number of amides is 1. The Morgan fingerprint density at radius 2 is 1.59 bits per heavy atom. The molecule has 6 rings (SSSR count). The number of carboxylic acid groups (broad SMARTS) is 1. The summed E-state index contributed by atoms with van der Waals surface area (Å²) in [6.45, 7) is 7.24. The summed E-state index contributed by atoms with van der Waals surface area (Å²) in [7, 11) is 2.16. The number of hydrogen-bond donors (Lipinski definition) is 3. The smallest absolute Gasteiger partial charge is 0.337 e. The van der Waals surface area contributed by atoms with Crippen LogP contribution in [-0.2, 0) is 6.54 Å². The van der Waals surface area contributed by atoms with Crippen molar-refractivity contribution in [2.24, 2.45) is 0 Å². The zero-order valence-electron chi connectivity index (χ0n) is 25.8. The second-order valence-electron chi connectivity index (χ2n) is 10.9. The molecule has 1 aliphatic heterocycles. The normalized spacial score (nSPS) is 13.3. The molecule has 11 nitrogen and oxygen atoms in total. The molecule has 1 fully saturated rings. The summed E-state index contributed by atoms with van der Waals surface area (Å²) in [6, 6.07) is 22.4. The number of likely N-dealkylation sites (N-methyl/N-ethyl adjacent to an activating group) is 1. The first-order valence-corrected chi connectivity index (χ1v) is 14.9. The molecule has 1 amide bonds. The first-order valence-electron chi connectivity index (χ1n) is 14.9. The lowest BCUT2D eigenvalue weighted by atomic mass is 10.1. The second-order valence-corrected chi connectivity index (χ2v) is 10.9. The summed E-state index contributed by atoms with van der Waals surface area (Å²) in [4.78, 5) is 44.7. The van der Waals surface area contributed by atoms with Crippen LogP contribution in [0.25, 0.3) is 11.3 Å². The molecule has 1 aliphatic rings. The third-order valence-electron chi connectivity index (χ3n) is 7.48. The van der Waals surface area contributed by atoms with Gasteiger partial charge < -0.3 is 20.6 Å². The molecular weight excluding hydrogens is 580 g/mol. The minimum absolute atomic E-state index is 0.143. The molecule has 0 aliphatic carbocycles. The van der Waals surface area contributed by atoms with E-state index in [0.717, 1.165) is 55.2 Å². The van der Waals surface area contributed by atoms with Crippen molar-refractivity contribution < 1.29 is 14.7 Å². The van der Waals surface area contributed by atoms with Crippen molar-refractivity contribution in [2.45, 2.75) is 13.5 Å². The largest absolute Gasteiger partial charge is 0.478 e. The number of piperazine rings is 1. The van der Waals surface area contributed by atoms with Gasteiger partial charge in [-0.05, 0) is 79.7 Å². The van der Waals surface area contributed by atoms with Gasteiger partial charge in [-0.3, -0.25) is 19.7 Å². The van der Waals surface area contributed by atoms with Crippen molar-refractivity contribution in [1.29, 1.82) is 0 Å². The van der Waals surface area contributed by atoms with Crippen LogP contribution < -0.4 is 10.6 Å². The van der Waals surface area contributed by atoms with E-state index in [1.807, 2.05) is 67.6 Å². The number of carbonyl (C=O) groups excluding carboxylic acids is 1. The van der Waals surface area contributed by atoms with Gasteiger partial charge >= 0.3 is 5.97 Å². The second kappa shape index (κ2) is 15.5. The first-order chi connectivity index (χ1) is 22.3. The Bertz CT molecular complexity index is 1740. The fraction of sp³-hybridized carbons (Fsp3) is 0.200. The molecule has 0 atom stereocenters. The minimum atomic E-state index is -0.942. The number of benzene rings is 2. The van der Waals surface area contributed by atoms with E-state index < -0.39 is 5.97 Å². The number of aryl methyl sites for hydroxylation is 1.